The molecule has 0 radical (unpaired) electrons. The van der Waals surface area contributed by atoms with Gasteiger partial charge in [-0.25, -0.2) is 4.98 Å². The second-order valence-electron chi connectivity index (χ2n) is 4.62. The van der Waals surface area contributed by atoms with Gasteiger partial charge in [0.2, 0.25) is 0 Å². The molecule has 108 valence electrons. The van der Waals surface area contributed by atoms with Gasteiger partial charge in [-0.05, 0) is 29.9 Å². The van der Waals surface area contributed by atoms with Crippen LogP contribution in [0.2, 0.25) is 0 Å². The molecule has 1 aromatic carbocycles. The number of hydrogen-bond acceptors (Lipinski definition) is 4. The van der Waals surface area contributed by atoms with Crippen LogP contribution in [0.4, 0.5) is 0 Å². The van der Waals surface area contributed by atoms with Crippen LogP contribution in [0.25, 0.3) is 0 Å². The number of aryl methyl sites for hydroxylation is 1. The van der Waals surface area contributed by atoms with Gasteiger partial charge >= 0.3 is 0 Å². The summed E-state index contributed by atoms with van der Waals surface area (Å²) in [6.45, 7) is 5.08. The first-order valence-corrected chi connectivity index (χ1v) is 8.00. The van der Waals surface area contributed by atoms with Gasteiger partial charge in [0, 0.05) is 17.9 Å². The van der Waals surface area contributed by atoms with Gasteiger partial charge in [-0.3, -0.25) is 4.68 Å². The molecule has 0 aliphatic heterocycles. The van der Waals surface area contributed by atoms with Crippen LogP contribution in [0, 0.1) is 0 Å². The van der Waals surface area contributed by atoms with Crippen molar-refractivity contribution in [3.05, 3.63) is 42.0 Å². The lowest BCUT2D eigenvalue weighted by Gasteiger charge is -2.12. The Balaban J connectivity index is 2.03. The standard InChI is InChI=1S/C15H21N3OS/c1-3-9-18-15(16-11-17-18)10-14(19)12-5-7-13(8-6-12)20-4-2/h5-8,11,14,19H,3-4,9-10H2,1-2H3. The first kappa shape index (κ1) is 15.1. The van der Waals surface area contributed by atoms with Crippen molar-refractivity contribution in [2.75, 3.05) is 5.75 Å². The summed E-state index contributed by atoms with van der Waals surface area (Å²) < 4.78 is 1.87. The van der Waals surface area contributed by atoms with Crippen LogP contribution in [0.5, 0.6) is 0 Å². The van der Waals surface area contributed by atoms with E-state index in [-0.39, 0.29) is 0 Å². The van der Waals surface area contributed by atoms with Crippen molar-refractivity contribution in [2.45, 2.75) is 44.2 Å². The minimum atomic E-state index is -0.532. The van der Waals surface area contributed by atoms with Crippen LogP contribution in [0.1, 0.15) is 37.8 Å². The molecule has 1 aromatic heterocycles. The highest BCUT2D eigenvalue weighted by Gasteiger charge is 2.13. The van der Waals surface area contributed by atoms with Crippen molar-refractivity contribution >= 4 is 11.8 Å². The molecular formula is C15H21N3OS. The molecule has 20 heavy (non-hydrogen) atoms. The normalized spacial score (nSPS) is 12.6. The highest BCUT2D eigenvalue weighted by molar-refractivity contribution is 7.99. The molecule has 0 spiro atoms. The topological polar surface area (TPSA) is 50.9 Å². The fourth-order valence-electron chi connectivity index (χ4n) is 2.09. The third-order valence-corrected chi connectivity index (χ3v) is 3.98. The van der Waals surface area contributed by atoms with Crippen LogP contribution in [-0.4, -0.2) is 25.6 Å². The fraction of sp³-hybridized carbons (Fsp3) is 0.467. The van der Waals surface area contributed by atoms with Gasteiger partial charge in [0.25, 0.3) is 0 Å². The van der Waals surface area contributed by atoms with Crippen molar-refractivity contribution in [3.63, 3.8) is 0 Å². The van der Waals surface area contributed by atoms with Gasteiger partial charge in [0.05, 0.1) is 6.10 Å². The van der Waals surface area contributed by atoms with E-state index < -0.39 is 6.10 Å². The molecule has 0 aliphatic rings. The van der Waals surface area contributed by atoms with Gasteiger partial charge in [0.1, 0.15) is 12.2 Å². The lowest BCUT2D eigenvalue weighted by atomic mass is 10.1. The smallest absolute Gasteiger partial charge is 0.138 e. The SMILES string of the molecule is CCCn1ncnc1CC(O)c1ccc(SCC)cc1. The summed E-state index contributed by atoms with van der Waals surface area (Å²) in [6, 6.07) is 8.10. The van der Waals surface area contributed by atoms with Gasteiger partial charge < -0.3 is 5.11 Å². The molecule has 2 aromatic rings. The summed E-state index contributed by atoms with van der Waals surface area (Å²) >= 11 is 1.80. The zero-order valence-corrected chi connectivity index (χ0v) is 12.8. The molecular weight excluding hydrogens is 270 g/mol. The Morgan fingerprint density at radius 2 is 2.00 bits per heavy atom. The van der Waals surface area contributed by atoms with E-state index in [1.165, 1.54) is 4.90 Å². The van der Waals surface area contributed by atoms with E-state index in [2.05, 4.69) is 36.1 Å². The Bertz CT molecular complexity index is 524. The largest absolute Gasteiger partial charge is 0.388 e. The van der Waals surface area contributed by atoms with E-state index in [4.69, 9.17) is 0 Å². The lowest BCUT2D eigenvalue weighted by Crippen LogP contribution is -2.10. The summed E-state index contributed by atoms with van der Waals surface area (Å²) in [5.41, 5.74) is 0.927. The van der Waals surface area contributed by atoms with Crippen LogP contribution in [0.3, 0.4) is 0 Å². The molecule has 0 saturated carbocycles. The number of rotatable bonds is 7. The molecule has 0 saturated heterocycles. The molecule has 1 N–H and O–H groups in total. The van der Waals surface area contributed by atoms with Crippen molar-refractivity contribution in [3.8, 4) is 0 Å². The Hall–Kier alpha value is -1.33. The average Bonchev–Trinajstić information content (AvgIpc) is 2.88. The monoisotopic (exact) mass is 291 g/mol. The Kier molecular flexibility index (Phi) is 5.61. The number of aromatic nitrogens is 3. The molecule has 2 rings (SSSR count). The number of nitrogens with zero attached hydrogens (tertiary/aromatic N) is 3. The summed E-state index contributed by atoms with van der Waals surface area (Å²) in [7, 11) is 0. The molecule has 1 heterocycles. The third-order valence-electron chi connectivity index (χ3n) is 3.08. The fourth-order valence-corrected chi connectivity index (χ4v) is 2.75. The van der Waals surface area contributed by atoms with E-state index >= 15 is 0 Å². The second kappa shape index (κ2) is 7.45. The Labute approximate surface area is 124 Å². The highest BCUT2D eigenvalue weighted by atomic mass is 32.2. The maximum Gasteiger partial charge on any atom is 0.138 e. The zero-order chi connectivity index (χ0) is 14.4. The quantitative estimate of drug-likeness (QED) is 0.797. The third kappa shape index (κ3) is 3.84. The molecule has 5 heteroatoms. The van der Waals surface area contributed by atoms with Crippen LogP contribution < -0.4 is 0 Å². The van der Waals surface area contributed by atoms with Crippen LogP contribution in [-0.2, 0) is 13.0 Å². The Morgan fingerprint density at radius 3 is 2.65 bits per heavy atom. The van der Waals surface area contributed by atoms with Crippen molar-refractivity contribution in [1.29, 1.82) is 0 Å². The number of benzene rings is 1. The number of aliphatic hydroxyl groups excluding tert-OH is 1. The molecule has 1 atom stereocenters. The number of aliphatic hydroxyl groups is 1. The summed E-state index contributed by atoms with van der Waals surface area (Å²) in [5, 5.41) is 14.5. The molecule has 0 amide bonds. The molecule has 1 unspecified atom stereocenters. The van der Waals surface area contributed by atoms with E-state index in [9.17, 15) is 5.11 Å². The van der Waals surface area contributed by atoms with Gasteiger partial charge in [0.15, 0.2) is 0 Å². The van der Waals surface area contributed by atoms with Gasteiger partial charge in [-0.1, -0.05) is 26.0 Å². The minimum absolute atomic E-state index is 0.500. The number of hydrogen-bond donors (Lipinski definition) is 1. The zero-order valence-electron chi connectivity index (χ0n) is 12.0. The summed E-state index contributed by atoms with van der Waals surface area (Å²) in [5.74, 6) is 1.90. The van der Waals surface area contributed by atoms with Crippen molar-refractivity contribution < 1.29 is 5.11 Å². The first-order chi connectivity index (χ1) is 9.74. The van der Waals surface area contributed by atoms with Gasteiger partial charge in [-0.15, -0.1) is 11.8 Å². The molecule has 0 fully saturated rings. The van der Waals surface area contributed by atoms with E-state index in [1.807, 2.05) is 16.8 Å². The van der Waals surface area contributed by atoms with Crippen LogP contribution >= 0.6 is 11.8 Å². The maximum atomic E-state index is 10.3. The highest BCUT2D eigenvalue weighted by Crippen LogP contribution is 2.22. The predicted octanol–water partition coefficient (Wildman–Crippen LogP) is 3.08. The molecule has 4 nitrogen and oxygen atoms in total. The van der Waals surface area contributed by atoms with Gasteiger partial charge in [-0.2, -0.15) is 5.10 Å². The number of thioether (sulfide) groups is 1. The summed E-state index contributed by atoms with van der Waals surface area (Å²) in [4.78, 5) is 5.47. The summed E-state index contributed by atoms with van der Waals surface area (Å²) in [6.07, 6.45) is 2.53. The maximum absolute atomic E-state index is 10.3. The first-order valence-electron chi connectivity index (χ1n) is 7.02. The van der Waals surface area contributed by atoms with Crippen LogP contribution in [0.15, 0.2) is 35.5 Å². The van der Waals surface area contributed by atoms with E-state index in [0.29, 0.717) is 6.42 Å². The Morgan fingerprint density at radius 1 is 1.25 bits per heavy atom. The van der Waals surface area contributed by atoms with E-state index in [1.54, 1.807) is 18.1 Å². The molecule has 0 bridgehead atoms. The van der Waals surface area contributed by atoms with E-state index in [0.717, 1.165) is 30.1 Å². The lowest BCUT2D eigenvalue weighted by molar-refractivity contribution is 0.174. The van der Waals surface area contributed by atoms with Crippen molar-refractivity contribution in [2.24, 2.45) is 0 Å². The molecule has 0 aliphatic carbocycles. The average molecular weight is 291 g/mol. The second-order valence-corrected chi connectivity index (χ2v) is 5.96. The minimum Gasteiger partial charge on any atom is -0.388 e. The van der Waals surface area contributed by atoms with Crippen molar-refractivity contribution in [1.82, 2.24) is 14.8 Å². The predicted molar refractivity (Wildman–Crippen MR) is 81.8 cm³/mol.